The molecule has 0 fully saturated rings. The van der Waals surface area contributed by atoms with E-state index in [2.05, 4.69) is 0 Å². The van der Waals surface area contributed by atoms with Gasteiger partial charge in [-0.1, -0.05) is 23.7 Å². The molecule has 0 unspecified atom stereocenters. The average molecular weight is 321 g/mol. The second kappa shape index (κ2) is 8.28. The Morgan fingerprint density at radius 3 is 2.24 bits per heavy atom. The van der Waals surface area contributed by atoms with Gasteiger partial charge in [0.15, 0.2) is 0 Å². The number of hydrogen-bond acceptors (Lipinski definition) is 7. The van der Waals surface area contributed by atoms with Gasteiger partial charge in [-0.3, -0.25) is 0 Å². The molecule has 0 amide bonds. The molecule has 4 atom stereocenters. The number of hydrogen-bond donors (Lipinski definition) is 5. The summed E-state index contributed by atoms with van der Waals surface area (Å²) < 4.78 is 4.77. The van der Waals surface area contributed by atoms with Gasteiger partial charge < -0.3 is 30.3 Å². The molecule has 1 rings (SSSR count). The topological polar surface area (TPSA) is 127 Å². The molecule has 0 heterocycles. The van der Waals surface area contributed by atoms with E-state index in [1.165, 1.54) is 12.1 Å². The fraction of sp³-hybridized carbons (Fsp3) is 0.462. The SMILES string of the molecule is O=C(OC[C@@H](O)[C@@H](O)[C@H](O)[C@H](O)CO)c1ccccc1Cl. The number of rotatable bonds is 7. The summed E-state index contributed by atoms with van der Waals surface area (Å²) in [7, 11) is 0. The summed E-state index contributed by atoms with van der Waals surface area (Å²) >= 11 is 5.79. The summed E-state index contributed by atoms with van der Waals surface area (Å²) in [5.74, 6) is -0.802. The fourth-order valence-corrected chi connectivity index (χ4v) is 1.74. The Kier molecular flexibility index (Phi) is 7.03. The van der Waals surface area contributed by atoms with Crippen LogP contribution in [0.2, 0.25) is 5.02 Å². The number of aliphatic hydroxyl groups excluding tert-OH is 5. The molecular formula is C13H17ClO7. The minimum absolute atomic E-state index is 0.0943. The molecule has 0 spiro atoms. The van der Waals surface area contributed by atoms with Crippen molar-refractivity contribution in [1.82, 2.24) is 0 Å². The lowest BCUT2D eigenvalue weighted by molar-refractivity contribution is -0.124. The van der Waals surface area contributed by atoms with Gasteiger partial charge in [0.05, 0.1) is 17.2 Å². The van der Waals surface area contributed by atoms with Crippen molar-refractivity contribution in [1.29, 1.82) is 0 Å². The van der Waals surface area contributed by atoms with Crippen LogP contribution in [0.1, 0.15) is 10.4 Å². The van der Waals surface area contributed by atoms with E-state index >= 15 is 0 Å². The quantitative estimate of drug-likeness (QED) is 0.405. The Morgan fingerprint density at radius 2 is 1.67 bits per heavy atom. The van der Waals surface area contributed by atoms with Gasteiger partial charge in [0.25, 0.3) is 0 Å². The normalized spacial score (nSPS) is 16.9. The highest BCUT2D eigenvalue weighted by Gasteiger charge is 2.30. The molecule has 5 N–H and O–H groups in total. The highest BCUT2D eigenvalue weighted by molar-refractivity contribution is 6.33. The third-order valence-corrected chi connectivity index (χ3v) is 3.13. The van der Waals surface area contributed by atoms with Crippen LogP contribution in [0.25, 0.3) is 0 Å². The van der Waals surface area contributed by atoms with Gasteiger partial charge in [-0.25, -0.2) is 4.79 Å². The molecule has 0 bridgehead atoms. The zero-order valence-electron chi connectivity index (χ0n) is 11.0. The van der Waals surface area contributed by atoms with Crippen LogP contribution >= 0.6 is 11.6 Å². The number of ether oxygens (including phenoxy) is 1. The monoisotopic (exact) mass is 320 g/mol. The zero-order chi connectivity index (χ0) is 16.0. The first-order valence-electron chi connectivity index (χ1n) is 6.13. The standard InChI is InChI=1S/C13H17ClO7/c14-8-4-2-1-3-7(8)13(20)21-6-10(17)12(19)11(18)9(16)5-15/h1-4,9-12,15-19H,5-6H2/t9-,10-,11-,12-/m1/s1. The van der Waals surface area contributed by atoms with Gasteiger partial charge in [-0.15, -0.1) is 0 Å². The van der Waals surface area contributed by atoms with E-state index in [0.29, 0.717) is 0 Å². The van der Waals surface area contributed by atoms with Crippen LogP contribution in [-0.2, 0) is 4.74 Å². The van der Waals surface area contributed by atoms with Crippen molar-refractivity contribution in [3.05, 3.63) is 34.9 Å². The molecule has 21 heavy (non-hydrogen) atoms. The van der Waals surface area contributed by atoms with Crippen LogP contribution in [-0.4, -0.2) is 69.1 Å². The van der Waals surface area contributed by atoms with Crippen molar-refractivity contribution in [3.8, 4) is 0 Å². The minimum atomic E-state index is -1.79. The maximum absolute atomic E-state index is 11.7. The smallest absolute Gasteiger partial charge is 0.339 e. The second-order valence-corrected chi connectivity index (χ2v) is 4.78. The van der Waals surface area contributed by atoms with Crippen molar-refractivity contribution >= 4 is 17.6 Å². The van der Waals surface area contributed by atoms with Crippen LogP contribution in [0.3, 0.4) is 0 Å². The molecule has 0 saturated carbocycles. The maximum atomic E-state index is 11.7. The largest absolute Gasteiger partial charge is 0.459 e. The molecular weight excluding hydrogens is 304 g/mol. The molecule has 1 aromatic carbocycles. The highest BCUT2D eigenvalue weighted by atomic mass is 35.5. The lowest BCUT2D eigenvalue weighted by Crippen LogP contribution is -2.47. The lowest BCUT2D eigenvalue weighted by atomic mass is 10.0. The van der Waals surface area contributed by atoms with Gasteiger partial charge in [0.1, 0.15) is 31.0 Å². The molecule has 0 aliphatic carbocycles. The van der Waals surface area contributed by atoms with Crippen LogP contribution in [0.4, 0.5) is 0 Å². The predicted octanol–water partition coefficient (Wildman–Crippen LogP) is -1.07. The molecule has 118 valence electrons. The Morgan fingerprint density at radius 1 is 1.10 bits per heavy atom. The van der Waals surface area contributed by atoms with Gasteiger partial charge in [-0.05, 0) is 12.1 Å². The van der Waals surface area contributed by atoms with Gasteiger partial charge in [0, 0.05) is 0 Å². The Balaban J connectivity index is 2.55. The molecule has 1 aromatic rings. The number of esters is 1. The zero-order valence-corrected chi connectivity index (χ0v) is 11.7. The third-order valence-electron chi connectivity index (χ3n) is 2.80. The summed E-state index contributed by atoms with van der Waals surface area (Å²) in [4.78, 5) is 11.7. The van der Waals surface area contributed by atoms with Crippen molar-refractivity contribution in [2.24, 2.45) is 0 Å². The average Bonchev–Trinajstić information content (AvgIpc) is 2.50. The third kappa shape index (κ3) is 4.92. The van der Waals surface area contributed by atoms with E-state index in [4.69, 9.17) is 26.6 Å². The lowest BCUT2D eigenvalue weighted by Gasteiger charge is -2.25. The Labute approximate surface area is 126 Å². The van der Waals surface area contributed by atoms with Crippen LogP contribution < -0.4 is 0 Å². The molecule has 8 heteroatoms. The molecule has 0 aliphatic heterocycles. The van der Waals surface area contributed by atoms with Gasteiger partial charge >= 0.3 is 5.97 Å². The van der Waals surface area contributed by atoms with E-state index in [1.807, 2.05) is 0 Å². The minimum Gasteiger partial charge on any atom is -0.459 e. The van der Waals surface area contributed by atoms with Crippen molar-refractivity contribution in [3.63, 3.8) is 0 Å². The van der Waals surface area contributed by atoms with Crippen LogP contribution in [0.15, 0.2) is 24.3 Å². The van der Waals surface area contributed by atoms with E-state index in [1.54, 1.807) is 12.1 Å². The molecule has 0 saturated heterocycles. The summed E-state index contributed by atoms with van der Waals surface area (Å²) in [6, 6.07) is 6.13. The first kappa shape index (κ1) is 17.8. The summed E-state index contributed by atoms with van der Waals surface area (Å²) in [5.41, 5.74) is 0.0943. The fourth-order valence-electron chi connectivity index (χ4n) is 1.53. The van der Waals surface area contributed by atoms with E-state index in [9.17, 15) is 20.1 Å². The first-order chi connectivity index (χ1) is 9.88. The number of benzene rings is 1. The first-order valence-corrected chi connectivity index (χ1v) is 6.51. The Hall–Kier alpha value is -1.22. The number of carbonyl (C=O) groups excluding carboxylic acids is 1. The molecule has 0 aromatic heterocycles. The maximum Gasteiger partial charge on any atom is 0.339 e. The number of carbonyl (C=O) groups is 1. The summed E-state index contributed by atoms with van der Waals surface area (Å²) in [6.07, 6.45) is -6.81. The summed E-state index contributed by atoms with van der Waals surface area (Å²) in [5, 5.41) is 46.5. The molecule has 0 aliphatic rings. The van der Waals surface area contributed by atoms with Gasteiger partial charge in [0.2, 0.25) is 0 Å². The predicted molar refractivity (Wildman–Crippen MR) is 72.8 cm³/mol. The highest BCUT2D eigenvalue weighted by Crippen LogP contribution is 2.16. The van der Waals surface area contributed by atoms with Gasteiger partial charge in [-0.2, -0.15) is 0 Å². The van der Waals surface area contributed by atoms with Crippen molar-refractivity contribution in [2.75, 3.05) is 13.2 Å². The van der Waals surface area contributed by atoms with Crippen LogP contribution in [0, 0.1) is 0 Å². The molecule has 0 radical (unpaired) electrons. The summed E-state index contributed by atoms with van der Waals surface area (Å²) in [6.45, 7) is -1.40. The van der Waals surface area contributed by atoms with Crippen LogP contribution in [0.5, 0.6) is 0 Å². The van der Waals surface area contributed by atoms with E-state index < -0.39 is 43.6 Å². The van der Waals surface area contributed by atoms with E-state index in [-0.39, 0.29) is 10.6 Å². The Bertz CT molecular complexity index is 468. The number of halogens is 1. The van der Waals surface area contributed by atoms with Crippen molar-refractivity contribution < 1.29 is 35.1 Å². The number of aliphatic hydroxyl groups is 5. The van der Waals surface area contributed by atoms with E-state index in [0.717, 1.165) is 0 Å². The second-order valence-electron chi connectivity index (χ2n) is 4.38. The van der Waals surface area contributed by atoms with Crippen molar-refractivity contribution in [2.45, 2.75) is 24.4 Å². The molecule has 7 nitrogen and oxygen atoms in total.